The molecule has 1 aromatic carbocycles. The van der Waals surface area contributed by atoms with E-state index in [-0.39, 0.29) is 5.91 Å². The Kier molecular flexibility index (Phi) is 4.87. The number of aliphatic carboxylic acids is 1. The minimum absolute atomic E-state index is 0.0242. The Bertz CT molecular complexity index is 487. The van der Waals surface area contributed by atoms with Crippen molar-refractivity contribution >= 4 is 23.6 Å². The van der Waals surface area contributed by atoms with Crippen molar-refractivity contribution in [3.8, 4) is 0 Å². The SMILES string of the molecule is CCC(C)(C)C(=O)Nc1ccc(/C=C/C(=O)O)cc1. The molecule has 0 fully saturated rings. The maximum atomic E-state index is 12.0. The number of carboxylic acid groups (broad SMARTS) is 1. The van der Waals surface area contributed by atoms with Gasteiger partial charge in [0.1, 0.15) is 0 Å². The third kappa shape index (κ3) is 4.58. The van der Waals surface area contributed by atoms with E-state index >= 15 is 0 Å². The largest absolute Gasteiger partial charge is 0.478 e. The number of carbonyl (C=O) groups is 2. The van der Waals surface area contributed by atoms with Gasteiger partial charge in [0.25, 0.3) is 0 Å². The van der Waals surface area contributed by atoms with Crippen LogP contribution < -0.4 is 5.32 Å². The van der Waals surface area contributed by atoms with E-state index in [0.29, 0.717) is 5.69 Å². The van der Waals surface area contributed by atoms with Crippen LogP contribution in [0, 0.1) is 5.41 Å². The van der Waals surface area contributed by atoms with Crippen molar-refractivity contribution in [3.05, 3.63) is 35.9 Å². The Morgan fingerprint density at radius 2 is 1.84 bits per heavy atom. The second-order valence-electron chi connectivity index (χ2n) is 4.99. The molecular weight excluding hydrogens is 242 g/mol. The minimum Gasteiger partial charge on any atom is -0.478 e. The van der Waals surface area contributed by atoms with E-state index in [0.717, 1.165) is 18.1 Å². The first-order valence-electron chi connectivity index (χ1n) is 6.17. The lowest BCUT2D eigenvalue weighted by Crippen LogP contribution is -2.29. The first kappa shape index (κ1) is 15.0. The van der Waals surface area contributed by atoms with Gasteiger partial charge in [-0.25, -0.2) is 4.79 Å². The number of benzene rings is 1. The second kappa shape index (κ2) is 6.18. The number of carbonyl (C=O) groups excluding carboxylic acids is 1. The zero-order chi connectivity index (χ0) is 14.5. The van der Waals surface area contributed by atoms with Crippen molar-refractivity contribution in [1.82, 2.24) is 0 Å². The zero-order valence-electron chi connectivity index (χ0n) is 11.4. The summed E-state index contributed by atoms with van der Waals surface area (Å²) < 4.78 is 0. The number of rotatable bonds is 5. The van der Waals surface area contributed by atoms with Gasteiger partial charge in [0.05, 0.1) is 0 Å². The van der Waals surface area contributed by atoms with Crippen LogP contribution in [0.25, 0.3) is 6.08 Å². The highest BCUT2D eigenvalue weighted by molar-refractivity contribution is 5.94. The number of anilines is 1. The molecule has 1 rings (SSSR count). The summed E-state index contributed by atoms with van der Waals surface area (Å²) in [5, 5.41) is 11.4. The maximum absolute atomic E-state index is 12.0. The monoisotopic (exact) mass is 261 g/mol. The van der Waals surface area contributed by atoms with Gasteiger partial charge in [0, 0.05) is 17.2 Å². The average molecular weight is 261 g/mol. The molecule has 1 aromatic rings. The van der Waals surface area contributed by atoms with E-state index in [9.17, 15) is 9.59 Å². The normalized spacial score (nSPS) is 11.5. The van der Waals surface area contributed by atoms with Gasteiger partial charge in [0.15, 0.2) is 0 Å². The molecule has 0 spiro atoms. The summed E-state index contributed by atoms with van der Waals surface area (Å²) in [5.74, 6) is -1.01. The molecule has 102 valence electrons. The van der Waals surface area contributed by atoms with E-state index in [1.807, 2.05) is 20.8 Å². The molecule has 0 aromatic heterocycles. The molecule has 0 atom stereocenters. The van der Waals surface area contributed by atoms with E-state index in [1.54, 1.807) is 24.3 Å². The predicted molar refractivity (Wildman–Crippen MR) is 75.8 cm³/mol. The van der Waals surface area contributed by atoms with Crippen LogP contribution in [0.15, 0.2) is 30.3 Å². The van der Waals surface area contributed by atoms with Crippen molar-refractivity contribution in [2.24, 2.45) is 5.41 Å². The molecule has 1 amide bonds. The van der Waals surface area contributed by atoms with Crippen LogP contribution in [0.4, 0.5) is 5.69 Å². The fourth-order valence-electron chi connectivity index (χ4n) is 1.31. The summed E-state index contributed by atoms with van der Waals surface area (Å²) in [6.07, 6.45) is 3.34. The smallest absolute Gasteiger partial charge is 0.328 e. The van der Waals surface area contributed by atoms with Gasteiger partial charge < -0.3 is 10.4 Å². The topological polar surface area (TPSA) is 66.4 Å². The molecule has 0 saturated heterocycles. The number of hydrogen-bond donors (Lipinski definition) is 2. The van der Waals surface area contributed by atoms with E-state index < -0.39 is 11.4 Å². The number of hydrogen-bond acceptors (Lipinski definition) is 2. The quantitative estimate of drug-likeness (QED) is 0.800. The molecule has 2 N–H and O–H groups in total. The standard InChI is InChI=1S/C15H19NO3/c1-4-15(2,3)14(19)16-12-8-5-11(6-9-12)7-10-13(17)18/h5-10H,4H2,1-3H3,(H,16,19)(H,17,18)/b10-7+. The molecular formula is C15H19NO3. The van der Waals surface area contributed by atoms with Crippen LogP contribution in [-0.4, -0.2) is 17.0 Å². The highest BCUT2D eigenvalue weighted by Crippen LogP contribution is 2.22. The van der Waals surface area contributed by atoms with Gasteiger partial charge in [0.2, 0.25) is 5.91 Å². The zero-order valence-corrected chi connectivity index (χ0v) is 11.4. The Labute approximate surface area is 113 Å². The minimum atomic E-state index is -0.984. The predicted octanol–water partition coefficient (Wildman–Crippen LogP) is 3.16. The Morgan fingerprint density at radius 3 is 2.32 bits per heavy atom. The molecule has 0 aliphatic rings. The number of nitrogens with one attached hydrogen (secondary N) is 1. The highest BCUT2D eigenvalue weighted by atomic mass is 16.4. The van der Waals surface area contributed by atoms with Gasteiger partial charge in [-0.3, -0.25) is 4.79 Å². The van der Waals surface area contributed by atoms with Crippen molar-refractivity contribution in [1.29, 1.82) is 0 Å². The highest BCUT2D eigenvalue weighted by Gasteiger charge is 2.24. The first-order chi connectivity index (χ1) is 8.85. The van der Waals surface area contributed by atoms with Crippen LogP contribution in [0.2, 0.25) is 0 Å². The van der Waals surface area contributed by atoms with E-state index in [4.69, 9.17) is 5.11 Å². The van der Waals surface area contributed by atoms with Crippen molar-refractivity contribution < 1.29 is 14.7 Å². The molecule has 0 heterocycles. The maximum Gasteiger partial charge on any atom is 0.328 e. The Balaban J connectivity index is 2.72. The molecule has 19 heavy (non-hydrogen) atoms. The van der Waals surface area contributed by atoms with Gasteiger partial charge >= 0.3 is 5.97 Å². The summed E-state index contributed by atoms with van der Waals surface area (Å²) in [6.45, 7) is 5.76. The summed E-state index contributed by atoms with van der Waals surface area (Å²) >= 11 is 0. The van der Waals surface area contributed by atoms with Crippen LogP contribution in [-0.2, 0) is 9.59 Å². The van der Waals surface area contributed by atoms with Crippen LogP contribution in [0.1, 0.15) is 32.8 Å². The first-order valence-corrected chi connectivity index (χ1v) is 6.17. The van der Waals surface area contributed by atoms with E-state index in [1.165, 1.54) is 6.08 Å². The fraction of sp³-hybridized carbons (Fsp3) is 0.333. The molecule has 0 saturated carbocycles. The van der Waals surface area contributed by atoms with Gasteiger partial charge in [-0.1, -0.05) is 32.9 Å². The van der Waals surface area contributed by atoms with Crippen LogP contribution in [0.5, 0.6) is 0 Å². The number of carboxylic acids is 1. The third-order valence-corrected chi connectivity index (χ3v) is 3.09. The van der Waals surface area contributed by atoms with Crippen molar-refractivity contribution in [3.63, 3.8) is 0 Å². The summed E-state index contributed by atoms with van der Waals surface area (Å²) in [5.41, 5.74) is 1.08. The Hall–Kier alpha value is -2.10. The molecule has 0 aliphatic carbocycles. The van der Waals surface area contributed by atoms with Gasteiger partial charge in [-0.15, -0.1) is 0 Å². The van der Waals surface area contributed by atoms with E-state index in [2.05, 4.69) is 5.32 Å². The molecule has 4 nitrogen and oxygen atoms in total. The molecule has 0 bridgehead atoms. The Morgan fingerprint density at radius 1 is 1.26 bits per heavy atom. The molecule has 0 radical (unpaired) electrons. The lowest BCUT2D eigenvalue weighted by Gasteiger charge is -2.21. The lowest BCUT2D eigenvalue weighted by atomic mass is 9.89. The molecule has 0 unspecified atom stereocenters. The van der Waals surface area contributed by atoms with Gasteiger partial charge in [-0.2, -0.15) is 0 Å². The third-order valence-electron chi connectivity index (χ3n) is 3.09. The molecule has 0 aliphatic heterocycles. The summed E-state index contributed by atoms with van der Waals surface area (Å²) in [7, 11) is 0. The lowest BCUT2D eigenvalue weighted by molar-refractivity contribution is -0.131. The second-order valence-corrected chi connectivity index (χ2v) is 4.99. The van der Waals surface area contributed by atoms with Crippen LogP contribution in [0.3, 0.4) is 0 Å². The van der Waals surface area contributed by atoms with Crippen LogP contribution >= 0.6 is 0 Å². The fourth-order valence-corrected chi connectivity index (χ4v) is 1.31. The average Bonchev–Trinajstić information content (AvgIpc) is 2.37. The van der Waals surface area contributed by atoms with Crippen molar-refractivity contribution in [2.75, 3.05) is 5.32 Å². The van der Waals surface area contributed by atoms with Gasteiger partial charge in [-0.05, 0) is 30.2 Å². The summed E-state index contributed by atoms with van der Waals surface area (Å²) in [4.78, 5) is 22.3. The molecule has 4 heteroatoms. The van der Waals surface area contributed by atoms with Crippen molar-refractivity contribution in [2.45, 2.75) is 27.2 Å². The number of amides is 1. The summed E-state index contributed by atoms with van der Waals surface area (Å²) in [6, 6.07) is 7.03.